The van der Waals surface area contributed by atoms with Gasteiger partial charge >= 0.3 is 0 Å². The molecule has 2 unspecified atom stereocenters. The molecule has 3 rings (SSSR count). The molecule has 116 valence electrons. The van der Waals surface area contributed by atoms with Gasteiger partial charge in [0.25, 0.3) is 0 Å². The van der Waals surface area contributed by atoms with Gasteiger partial charge in [-0.15, -0.1) is 0 Å². The molecular weight excluding hydrogens is 262 g/mol. The fraction of sp³-hybridized carbons (Fsp3) is 0.667. The average molecular weight is 289 g/mol. The van der Waals surface area contributed by atoms with Crippen molar-refractivity contribution >= 4 is 0 Å². The minimum atomic E-state index is 0.454. The summed E-state index contributed by atoms with van der Waals surface area (Å²) >= 11 is 0. The summed E-state index contributed by atoms with van der Waals surface area (Å²) in [5.74, 6) is 3.00. The summed E-state index contributed by atoms with van der Waals surface area (Å²) in [5.41, 5.74) is 0.454. The lowest BCUT2D eigenvalue weighted by Crippen LogP contribution is -2.36. The van der Waals surface area contributed by atoms with Gasteiger partial charge in [0.1, 0.15) is 5.75 Å². The second-order valence-electron chi connectivity index (χ2n) is 6.75. The van der Waals surface area contributed by atoms with E-state index in [-0.39, 0.29) is 0 Å². The van der Waals surface area contributed by atoms with Crippen molar-refractivity contribution in [3.05, 3.63) is 30.3 Å². The first kappa shape index (κ1) is 14.9. The number of ether oxygens (including phenoxy) is 2. The van der Waals surface area contributed by atoms with E-state index in [4.69, 9.17) is 9.47 Å². The van der Waals surface area contributed by atoms with Crippen LogP contribution in [-0.4, -0.2) is 33.4 Å². The Balaban J connectivity index is 1.46. The van der Waals surface area contributed by atoms with Crippen molar-refractivity contribution in [3.63, 3.8) is 0 Å². The van der Waals surface area contributed by atoms with Crippen LogP contribution >= 0.6 is 0 Å². The highest BCUT2D eigenvalue weighted by molar-refractivity contribution is 5.20. The maximum atomic E-state index is 5.92. The zero-order valence-electron chi connectivity index (χ0n) is 13.0. The molecule has 2 atom stereocenters. The topological polar surface area (TPSA) is 30.5 Å². The summed E-state index contributed by atoms with van der Waals surface area (Å²) in [6.45, 7) is 3.69. The van der Waals surface area contributed by atoms with Crippen molar-refractivity contribution in [2.45, 2.75) is 25.7 Å². The lowest BCUT2D eigenvalue weighted by molar-refractivity contribution is 0.162. The molecule has 0 heterocycles. The zero-order valence-corrected chi connectivity index (χ0v) is 13.0. The van der Waals surface area contributed by atoms with E-state index < -0.39 is 0 Å². The molecule has 21 heavy (non-hydrogen) atoms. The summed E-state index contributed by atoms with van der Waals surface area (Å²) in [5, 5.41) is 3.58. The Morgan fingerprint density at radius 1 is 1.14 bits per heavy atom. The summed E-state index contributed by atoms with van der Waals surface area (Å²) < 4.78 is 11.0. The zero-order chi connectivity index (χ0) is 14.5. The first-order chi connectivity index (χ1) is 10.3. The van der Waals surface area contributed by atoms with Crippen molar-refractivity contribution in [1.29, 1.82) is 0 Å². The van der Waals surface area contributed by atoms with E-state index in [9.17, 15) is 0 Å². The van der Waals surface area contributed by atoms with Crippen molar-refractivity contribution in [2.75, 3.05) is 33.4 Å². The van der Waals surface area contributed by atoms with E-state index in [2.05, 4.69) is 5.32 Å². The van der Waals surface area contributed by atoms with E-state index >= 15 is 0 Å². The van der Waals surface area contributed by atoms with Gasteiger partial charge in [-0.05, 0) is 55.1 Å². The Morgan fingerprint density at radius 3 is 2.62 bits per heavy atom. The second kappa shape index (κ2) is 6.80. The van der Waals surface area contributed by atoms with Crippen molar-refractivity contribution in [2.24, 2.45) is 17.3 Å². The molecule has 3 nitrogen and oxygen atoms in total. The third-order valence-corrected chi connectivity index (χ3v) is 5.09. The number of methoxy groups -OCH3 is 1. The number of rotatable bonds is 9. The molecular formula is C18H27NO2. The third kappa shape index (κ3) is 3.98. The fourth-order valence-corrected chi connectivity index (χ4v) is 3.87. The molecule has 0 saturated heterocycles. The molecule has 0 spiro atoms. The normalized spacial score (nSPS) is 30.1. The standard InChI is InChI=1S/C18H27NO2/c1-20-10-8-19-14-18(12-15-11-16(15)13-18)7-9-21-17-5-3-2-4-6-17/h2-6,15-16,19H,7-14H2,1H3. The Morgan fingerprint density at radius 2 is 1.90 bits per heavy atom. The van der Waals surface area contributed by atoms with Crippen LogP contribution in [-0.2, 0) is 4.74 Å². The number of fused-ring (bicyclic) bond motifs is 1. The van der Waals surface area contributed by atoms with Crippen molar-refractivity contribution < 1.29 is 9.47 Å². The van der Waals surface area contributed by atoms with E-state index in [1.165, 1.54) is 19.3 Å². The number of nitrogens with one attached hydrogen (secondary N) is 1. The van der Waals surface area contributed by atoms with E-state index in [0.717, 1.165) is 50.3 Å². The Labute approximate surface area is 128 Å². The minimum absolute atomic E-state index is 0.454. The summed E-state index contributed by atoms with van der Waals surface area (Å²) in [4.78, 5) is 0. The number of hydrogen-bond acceptors (Lipinski definition) is 3. The van der Waals surface area contributed by atoms with Gasteiger partial charge in [-0.1, -0.05) is 18.2 Å². The van der Waals surface area contributed by atoms with Crippen LogP contribution in [0.5, 0.6) is 5.75 Å². The largest absolute Gasteiger partial charge is 0.494 e. The van der Waals surface area contributed by atoms with Crippen LogP contribution in [0.1, 0.15) is 25.7 Å². The maximum absolute atomic E-state index is 5.92. The molecule has 0 aliphatic heterocycles. The summed E-state index contributed by atoms with van der Waals surface area (Å²) in [6, 6.07) is 10.2. The van der Waals surface area contributed by atoms with Gasteiger partial charge in [0, 0.05) is 20.2 Å². The molecule has 1 N–H and O–H groups in total. The van der Waals surface area contributed by atoms with Crippen LogP contribution < -0.4 is 10.1 Å². The van der Waals surface area contributed by atoms with Crippen molar-refractivity contribution in [1.82, 2.24) is 5.32 Å². The SMILES string of the molecule is COCCNCC1(CCOc2ccccc2)CC2CC2C1. The average Bonchev–Trinajstić information content (AvgIpc) is 3.13. The molecule has 3 heteroatoms. The van der Waals surface area contributed by atoms with Crippen LogP contribution in [0.4, 0.5) is 0 Å². The Kier molecular flexibility index (Phi) is 4.81. The van der Waals surface area contributed by atoms with Gasteiger partial charge in [-0.25, -0.2) is 0 Å². The van der Waals surface area contributed by atoms with Crippen LogP contribution in [0.15, 0.2) is 30.3 Å². The van der Waals surface area contributed by atoms with E-state index in [1.54, 1.807) is 7.11 Å². The smallest absolute Gasteiger partial charge is 0.119 e. The summed E-state index contributed by atoms with van der Waals surface area (Å²) in [6.07, 6.45) is 5.40. The molecule has 2 saturated carbocycles. The first-order valence-electron chi connectivity index (χ1n) is 8.19. The molecule has 1 aromatic carbocycles. The molecule has 0 aromatic heterocycles. The predicted molar refractivity (Wildman–Crippen MR) is 84.6 cm³/mol. The maximum Gasteiger partial charge on any atom is 0.119 e. The highest BCUT2D eigenvalue weighted by atomic mass is 16.5. The highest BCUT2D eigenvalue weighted by Gasteiger charge is 2.53. The molecule has 2 aliphatic rings. The van der Waals surface area contributed by atoms with Gasteiger partial charge in [0.2, 0.25) is 0 Å². The molecule has 0 bridgehead atoms. The van der Waals surface area contributed by atoms with Gasteiger partial charge in [-0.2, -0.15) is 0 Å². The Hall–Kier alpha value is -1.06. The number of hydrogen-bond donors (Lipinski definition) is 1. The summed E-state index contributed by atoms with van der Waals surface area (Å²) in [7, 11) is 1.76. The van der Waals surface area contributed by atoms with Gasteiger partial charge < -0.3 is 14.8 Å². The first-order valence-corrected chi connectivity index (χ1v) is 8.19. The van der Waals surface area contributed by atoms with Gasteiger partial charge in [-0.3, -0.25) is 0 Å². The lowest BCUT2D eigenvalue weighted by atomic mass is 9.80. The molecule has 0 amide bonds. The quantitative estimate of drug-likeness (QED) is 0.709. The highest BCUT2D eigenvalue weighted by Crippen LogP contribution is 2.60. The minimum Gasteiger partial charge on any atom is -0.494 e. The molecule has 2 aliphatic carbocycles. The third-order valence-electron chi connectivity index (χ3n) is 5.09. The monoisotopic (exact) mass is 289 g/mol. The number of para-hydroxylation sites is 1. The second-order valence-corrected chi connectivity index (χ2v) is 6.75. The van der Waals surface area contributed by atoms with Crippen LogP contribution in [0, 0.1) is 17.3 Å². The predicted octanol–water partition coefficient (Wildman–Crippen LogP) is 3.11. The molecule has 0 radical (unpaired) electrons. The van der Waals surface area contributed by atoms with Crippen molar-refractivity contribution in [3.8, 4) is 5.75 Å². The van der Waals surface area contributed by atoms with Gasteiger partial charge in [0.15, 0.2) is 0 Å². The van der Waals surface area contributed by atoms with E-state index in [1.807, 2.05) is 30.3 Å². The van der Waals surface area contributed by atoms with Crippen LogP contribution in [0.2, 0.25) is 0 Å². The lowest BCUT2D eigenvalue weighted by Gasteiger charge is -2.31. The fourth-order valence-electron chi connectivity index (χ4n) is 3.87. The van der Waals surface area contributed by atoms with Crippen LogP contribution in [0.25, 0.3) is 0 Å². The molecule has 1 aromatic rings. The molecule has 2 fully saturated rings. The Bertz CT molecular complexity index is 424. The van der Waals surface area contributed by atoms with Gasteiger partial charge in [0.05, 0.1) is 13.2 Å². The van der Waals surface area contributed by atoms with E-state index in [0.29, 0.717) is 5.41 Å². The van der Waals surface area contributed by atoms with Crippen LogP contribution in [0.3, 0.4) is 0 Å². The number of benzene rings is 1.